The summed E-state index contributed by atoms with van der Waals surface area (Å²) in [7, 11) is -0.692. The van der Waals surface area contributed by atoms with Crippen molar-refractivity contribution in [3.8, 4) is 6.07 Å². The summed E-state index contributed by atoms with van der Waals surface area (Å²) >= 11 is 0. The van der Waals surface area contributed by atoms with E-state index in [-0.39, 0.29) is 31.3 Å². The largest absolute Gasteiger partial charge is 0.368 e. The van der Waals surface area contributed by atoms with Crippen LogP contribution in [0.2, 0.25) is 0 Å². The van der Waals surface area contributed by atoms with E-state index in [1.807, 2.05) is 13.8 Å². The van der Waals surface area contributed by atoms with Crippen molar-refractivity contribution in [3.05, 3.63) is 24.7 Å². The molecule has 0 unspecified atom stereocenters. The first-order chi connectivity index (χ1) is 14.9. The lowest BCUT2D eigenvalue weighted by molar-refractivity contribution is -0.128. The molecule has 0 aromatic carbocycles. The van der Waals surface area contributed by atoms with E-state index in [0.717, 1.165) is 4.31 Å². The highest BCUT2D eigenvalue weighted by molar-refractivity contribution is 7.87. The Kier molecular flexibility index (Phi) is 6.20. The molecular weight excluding hydrogens is 438 g/mol. The van der Waals surface area contributed by atoms with Crippen LogP contribution in [-0.2, 0) is 20.5 Å². The number of hydrogen-bond donors (Lipinski definition) is 3. The Morgan fingerprint density at radius 2 is 2.12 bits per heavy atom. The molecule has 0 spiro atoms. The number of anilines is 3. The Bertz CT molecular complexity index is 1160. The van der Waals surface area contributed by atoms with E-state index >= 15 is 0 Å². The molecule has 14 heteroatoms. The third-order valence-electron chi connectivity index (χ3n) is 5.03. The lowest BCUT2D eigenvalue weighted by atomic mass is 10.1. The van der Waals surface area contributed by atoms with Gasteiger partial charge in [-0.05, 0) is 19.9 Å². The maximum absolute atomic E-state index is 12.3. The van der Waals surface area contributed by atoms with E-state index in [0.29, 0.717) is 5.69 Å². The summed E-state index contributed by atoms with van der Waals surface area (Å²) in [4.78, 5) is 22.0. The van der Waals surface area contributed by atoms with Crippen LogP contribution in [0.25, 0.3) is 0 Å². The molecule has 0 bridgehead atoms. The molecule has 0 aliphatic carbocycles. The van der Waals surface area contributed by atoms with Crippen LogP contribution in [0.1, 0.15) is 20.3 Å². The van der Waals surface area contributed by atoms with E-state index in [2.05, 4.69) is 25.1 Å². The number of carbonyl (C=O) groups excluding carboxylic acids is 1. The number of nitrogens with zero attached hydrogens (tertiary/aromatic N) is 7. The molecule has 1 atom stereocenters. The summed E-state index contributed by atoms with van der Waals surface area (Å²) in [5.41, 5.74) is -2.17. The average molecular weight is 464 g/mol. The van der Waals surface area contributed by atoms with Crippen molar-refractivity contribution < 1.29 is 18.3 Å². The van der Waals surface area contributed by atoms with Gasteiger partial charge in [-0.2, -0.15) is 32.8 Å². The van der Waals surface area contributed by atoms with Gasteiger partial charge in [0.25, 0.3) is 16.1 Å². The normalized spacial score (nSPS) is 19.4. The maximum atomic E-state index is 12.3. The second-order valence-corrected chi connectivity index (χ2v) is 10.1. The fraction of sp³-hybridized carbons (Fsp3) is 0.500. The lowest BCUT2D eigenvalue weighted by Gasteiger charge is -2.26. The summed E-state index contributed by atoms with van der Waals surface area (Å²) < 4.78 is 29.2. The number of hydrogen-bond acceptors (Lipinski definition) is 9. The minimum atomic E-state index is -3.57. The number of amides is 1. The van der Waals surface area contributed by atoms with E-state index in [1.165, 1.54) is 37.5 Å². The van der Waals surface area contributed by atoms with Crippen molar-refractivity contribution in [1.82, 2.24) is 28.8 Å². The van der Waals surface area contributed by atoms with Gasteiger partial charge in [0, 0.05) is 46.0 Å². The van der Waals surface area contributed by atoms with Gasteiger partial charge in [0.2, 0.25) is 11.5 Å². The third-order valence-corrected chi connectivity index (χ3v) is 6.50. The highest BCUT2D eigenvalue weighted by Gasteiger charge is 2.46. The quantitative estimate of drug-likeness (QED) is 0.438. The van der Waals surface area contributed by atoms with Crippen LogP contribution in [0.4, 0.5) is 17.5 Å². The Morgan fingerprint density at radius 3 is 2.75 bits per heavy atom. The Balaban J connectivity index is 1.72. The summed E-state index contributed by atoms with van der Waals surface area (Å²) in [5.74, 6) is -0.280. The third kappa shape index (κ3) is 4.70. The van der Waals surface area contributed by atoms with Crippen LogP contribution in [0.15, 0.2) is 24.7 Å². The van der Waals surface area contributed by atoms with Gasteiger partial charge >= 0.3 is 0 Å². The number of aromatic nitrogens is 4. The number of aliphatic hydroxyl groups is 1. The van der Waals surface area contributed by atoms with E-state index in [4.69, 9.17) is 5.26 Å². The second kappa shape index (κ2) is 8.43. The molecule has 172 valence electrons. The molecule has 13 nitrogen and oxygen atoms in total. The molecule has 0 saturated carbocycles. The first kappa shape index (κ1) is 23.5. The van der Waals surface area contributed by atoms with Crippen LogP contribution in [0.3, 0.4) is 0 Å². The van der Waals surface area contributed by atoms with Crippen molar-refractivity contribution in [2.75, 3.05) is 37.4 Å². The zero-order valence-electron chi connectivity index (χ0n) is 18.1. The maximum Gasteiger partial charge on any atom is 0.279 e. The predicted octanol–water partition coefficient (Wildman–Crippen LogP) is -0.461. The van der Waals surface area contributed by atoms with E-state index < -0.39 is 27.3 Å². The molecule has 2 aromatic heterocycles. The van der Waals surface area contributed by atoms with Crippen molar-refractivity contribution in [2.45, 2.75) is 31.4 Å². The minimum Gasteiger partial charge on any atom is -0.368 e. The van der Waals surface area contributed by atoms with Crippen molar-refractivity contribution in [1.29, 1.82) is 5.26 Å². The molecular formula is C18H25N9O4S. The van der Waals surface area contributed by atoms with Gasteiger partial charge in [0.15, 0.2) is 0 Å². The molecule has 1 aliphatic rings. The summed E-state index contributed by atoms with van der Waals surface area (Å²) in [6.07, 6.45) is 4.66. The number of nitriles is 1. The molecule has 3 rings (SSSR count). The van der Waals surface area contributed by atoms with Gasteiger partial charge in [-0.25, -0.2) is 4.98 Å². The van der Waals surface area contributed by atoms with Gasteiger partial charge in [0.1, 0.15) is 11.9 Å². The Morgan fingerprint density at radius 1 is 1.41 bits per heavy atom. The van der Waals surface area contributed by atoms with Gasteiger partial charge in [-0.3, -0.25) is 14.4 Å². The molecule has 2 aromatic rings. The SMILES string of the molecule is CN(C)S(=O)(=O)NCC(C)(C)n1cc(Nc2nccc(N3CC[C@](O)(C#N)C3=O)n2)cn1. The van der Waals surface area contributed by atoms with Crippen molar-refractivity contribution in [2.24, 2.45) is 0 Å². The molecule has 32 heavy (non-hydrogen) atoms. The Hall–Kier alpha value is -3.12. The van der Waals surface area contributed by atoms with E-state index in [9.17, 15) is 18.3 Å². The average Bonchev–Trinajstić information content (AvgIpc) is 3.33. The topological polar surface area (TPSA) is 169 Å². The molecule has 3 heterocycles. The second-order valence-electron chi connectivity index (χ2n) is 8.14. The zero-order valence-corrected chi connectivity index (χ0v) is 19.0. The fourth-order valence-electron chi connectivity index (χ4n) is 2.91. The zero-order chi connectivity index (χ0) is 23.7. The number of nitrogens with one attached hydrogen (secondary N) is 2. The number of carbonyl (C=O) groups is 1. The highest BCUT2D eigenvalue weighted by Crippen LogP contribution is 2.27. The molecule has 1 aliphatic heterocycles. The smallest absolute Gasteiger partial charge is 0.279 e. The fourth-order valence-corrected chi connectivity index (χ4v) is 3.71. The Labute approximate surface area is 185 Å². The first-order valence-corrected chi connectivity index (χ1v) is 11.1. The summed E-state index contributed by atoms with van der Waals surface area (Å²) in [6.45, 7) is 3.93. The van der Waals surface area contributed by atoms with Crippen LogP contribution in [0.5, 0.6) is 0 Å². The van der Waals surface area contributed by atoms with Gasteiger partial charge in [-0.1, -0.05) is 0 Å². The van der Waals surface area contributed by atoms with Crippen LogP contribution >= 0.6 is 0 Å². The van der Waals surface area contributed by atoms with Gasteiger partial charge in [0.05, 0.1) is 17.4 Å². The number of rotatable bonds is 8. The summed E-state index contributed by atoms with van der Waals surface area (Å²) in [5, 5.41) is 26.4. The summed E-state index contributed by atoms with van der Waals surface area (Å²) in [6, 6.07) is 3.15. The molecule has 1 saturated heterocycles. The predicted molar refractivity (Wildman–Crippen MR) is 115 cm³/mol. The molecule has 0 radical (unpaired) electrons. The van der Waals surface area contributed by atoms with Crippen LogP contribution in [-0.4, -0.2) is 76.3 Å². The standard InChI is InChI=1S/C18H25N9O4S/c1-17(2,12-22-32(30,31)25(3)4)27-10-13(9-21-27)23-16-20-7-5-14(24-16)26-8-6-18(29,11-19)15(26)28/h5,7,9-10,22,29H,6,8,12H2,1-4H3,(H,20,23,24)/t18-/m0/s1. The lowest BCUT2D eigenvalue weighted by Crippen LogP contribution is -2.44. The van der Waals surface area contributed by atoms with E-state index in [1.54, 1.807) is 16.9 Å². The minimum absolute atomic E-state index is 0.00543. The molecule has 1 amide bonds. The monoisotopic (exact) mass is 463 g/mol. The van der Waals surface area contributed by atoms with Crippen LogP contribution < -0.4 is 14.9 Å². The molecule has 3 N–H and O–H groups in total. The van der Waals surface area contributed by atoms with Crippen molar-refractivity contribution >= 4 is 33.6 Å². The van der Waals surface area contributed by atoms with Crippen molar-refractivity contribution in [3.63, 3.8) is 0 Å². The first-order valence-electron chi connectivity index (χ1n) is 9.66. The highest BCUT2D eigenvalue weighted by atomic mass is 32.2. The van der Waals surface area contributed by atoms with Gasteiger partial charge in [-0.15, -0.1) is 0 Å². The van der Waals surface area contributed by atoms with Crippen LogP contribution in [0, 0.1) is 11.3 Å². The molecule has 1 fully saturated rings. The van der Waals surface area contributed by atoms with Gasteiger partial charge < -0.3 is 10.4 Å².